The Balaban J connectivity index is 1.50. The Hall–Kier alpha value is -4.53. The van der Waals surface area contributed by atoms with Crippen LogP contribution in [0.4, 0.5) is 4.39 Å². The van der Waals surface area contributed by atoms with Gasteiger partial charge in [-0.15, -0.1) is 0 Å². The minimum atomic E-state index is -0.364. The molecule has 0 amide bonds. The van der Waals surface area contributed by atoms with Crippen LogP contribution in [0.2, 0.25) is 0 Å². The summed E-state index contributed by atoms with van der Waals surface area (Å²) in [6.07, 6.45) is 7.23. The summed E-state index contributed by atoms with van der Waals surface area (Å²) in [5, 5.41) is 13.5. The van der Waals surface area contributed by atoms with Crippen LogP contribution in [0.3, 0.4) is 0 Å². The van der Waals surface area contributed by atoms with Gasteiger partial charge in [-0.25, -0.2) is 14.4 Å². The molecule has 0 atom stereocenters. The van der Waals surface area contributed by atoms with Crippen LogP contribution in [-0.2, 0) is 7.05 Å². The molecule has 0 aliphatic carbocycles. The van der Waals surface area contributed by atoms with E-state index < -0.39 is 0 Å². The Labute approximate surface area is 187 Å². The first kappa shape index (κ1) is 19.2. The van der Waals surface area contributed by atoms with Crippen LogP contribution >= 0.6 is 0 Å². The van der Waals surface area contributed by atoms with Crippen molar-refractivity contribution in [2.75, 3.05) is 7.11 Å². The summed E-state index contributed by atoms with van der Waals surface area (Å²) in [6, 6.07) is 10.5. The highest BCUT2D eigenvalue weighted by molar-refractivity contribution is 5.99. The Morgan fingerprint density at radius 3 is 2.67 bits per heavy atom. The average molecular weight is 439 g/mol. The highest BCUT2D eigenvalue weighted by Gasteiger charge is 2.16. The predicted molar refractivity (Wildman–Crippen MR) is 123 cm³/mol. The summed E-state index contributed by atoms with van der Waals surface area (Å²) in [4.78, 5) is 12.3. The van der Waals surface area contributed by atoms with Crippen molar-refractivity contribution in [2.24, 2.45) is 7.05 Å². The Bertz CT molecular complexity index is 1650. The third-order valence-corrected chi connectivity index (χ3v) is 5.66. The van der Waals surface area contributed by atoms with Crippen LogP contribution in [0.5, 0.6) is 5.75 Å². The van der Waals surface area contributed by atoms with Gasteiger partial charge in [0.05, 0.1) is 19.0 Å². The second-order valence-electron chi connectivity index (χ2n) is 7.78. The monoisotopic (exact) mass is 439 g/mol. The Morgan fingerprint density at radius 2 is 1.85 bits per heavy atom. The molecule has 0 aliphatic heterocycles. The third-order valence-electron chi connectivity index (χ3n) is 5.66. The van der Waals surface area contributed by atoms with Crippen molar-refractivity contribution in [1.82, 2.24) is 34.9 Å². The smallest absolute Gasteiger partial charge is 0.155 e. The van der Waals surface area contributed by atoms with E-state index in [1.807, 2.05) is 31.4 Å². The van der Waals surface area contributed by atoms with Gasteiger partial charge >= 0.3 is 0 Å². The first-order valence-corrected chi connectivity index (χ1v) is 10.3. The van der Waals surface area contributed by atoms with Crippen LogP contribution in [0.25, 0.3) is 55.7 Å². The summed E-state index contributed by atoms with van der Waals surface area (Å²) in [6.45, 7) is 0. The van der Waals surface area contributed by atoms with E-state index in [-0.39, 0.29) is 5.82 Å². The number of pyridine rings is 2. The van der Waals surface area contributed by atoms with Gasteiger partial charge in [0.2, 0.25) is 0 Å². The highest BCUT2D eigenvalue weighted by Crippen LogP contribution is 2.35. The summed E-state index contributed by atoms with van der Waals surface area (Å²) in [5.74, 6) is 0.0930. The number of aryl methyl sites for hydroxylation is 1. The van der Waals surface area contributed by atoms with Crippen molar-refractivity contribution in [3.63, 3.8) is 0 Å². The summed E-state index contributed by atoms with van der Waals surface area (Å²) < 4.78 is 21.1. The first-order chi connectivity index (χ1) is 16.1. The average Bonchev–Trinajstić information content (AvgIpc) is 3.55. The second kappa shape index (κ2) is 7.27. The van der Waals surface area contributed by atoms with Crippen molar-refractivity contribution in [2.45, 2.75) is 0 Å². The molecule has 5 heterocycles. The van der Waals surface area contributed by atoms with Gasteiger partial charge in [0.25, 0.3) is 0 Å². The fourth-order valence-corrected chi connectivity index (χ4v) is 4.08. The second-order valence-corrected chi connectivity index (χ2v) is 7.78. The third kappa shape index (κ3) is 3.21. The highest BCUT2D eigenvalue weighted by atomic mass is 19.1. The number of nitrogens with zero attached hydrogens (tertiary/aromatic N) is 5. The van der Waals surface area contributed by atoms with Crippen LogP contribution in [0, 0.1) is 5.82 Å². The van der Waals surface area contributed by atoms with Gasteiger partial charge in [-0.1, -0.05) is 0 Å². The summed E-state index contributed by atoms with van der Waals surface area (Å²) >= 11 is 0. The van der Waals surface area contributed by atoms with Gasteiger partial charge in [0.1, 0.15) is 22.9 Å². The number of H-pyrrole nitrogens is 2. The number of rotatable bonds is 4. The molecule has 0 saturated heterocycles. The maximum Gasteiger partial charge on any atom is 0.155 e. The molecular weight excluding hydrogens is 421 g/mol. The van der Waals surface area contributed by atoms with Gasteiger partial charge in [0.15, 0.2) is 5.65 Å². The van der Waals surface area contributed by atoms with Gasteiger partial charge in [-0.05, 0) is 41.5 Å². The van der Waals surface area contributed by atoms with E-state index in [0.717, 1.165) is 38.9 Å². The van der Waals surface area contributed by atoms with Crippen LogP contribution in [0.15, 0.2) is 61.2 Å². The van der Waals surface area contributed by atoms with Gasteiger partial charge in [-0.2, -0.15) is 10.2 Å². The minimum absolute atomic E-state index is 0.364. The van der Waals surface area contributed by atoms with E-state index in [2.05, 4.69) is 30.2 Å². The number of halogens is 1. The van der Waals surface area contributed by atoms with Gasteiger partial charge in [0, 0.05) is 53.6 Å². The van der Waals surface area contributed by atoms with E-state index in [9.17, 15) is 4.39 Å². The lowest BCUT2D eigenvalue weighted by molar-refractivity contribution is 0.411. The zero-order valence-corrected chi connectivity index (χ0v) is 17.8. The first-order valence-electron chi connectivity index (χ1n) is 10.3. The van der Waals surface area contributed by atoms with E-state index in [4.69, 9.17) is 4.74 Å². The number of fused-ring (bicyclic) bond motifs is 2. The van der Waals surface area contributed by atoms with Crippen molar-refractivity contribution in [3.8, 4) is 39.4 Å². The molecule has 0 bridgehead atoms. The lowest BCUT2D eigenvalue weighted by atomic mass is 10.0. The molecule has 33 heavy (non-hydrogen) atoms. The number of ether oxygens (including phenoxy) is 1. The lowest BCUT2D eigenvalue weighted by Crippen LogP contribution is -1.88. The largest absolute Gasteiger partial charge is 0.497 e. The number of aromatic nitrogens is 7. The zero-order chi connectivity index (χ0) is 22.5. The van der Waals surface area contributed by atoms with Gasteiger partial charge < -0.3 is 9.72 Å². The van der Waals surface area contributed by atoms with E-state index in [1.165, 1.54) is 19.2 Å². The number of methoxy groups -OCH3 is 1. The van der Waals surface area contributed by atoms with Crippen LogP contribution in [0.1, 0.15) is 0 Å². The molecule has 5 aromatic heterocycles. The molecule has 0 aliphatic rings. The topological polar surface area (TPSA) is 97.3 Å². The van der Waals surface area contributed by atoms with Crippen LogP contribution < -0.4 is 4.74 Å². The predicted octanol–water partition coefficient (Wildman–Crippen LogP) is 4.72. The molecule has 6 aromatic rings. The standard InChI is InChI=1S/C24H18FN7O/c1-32-12-15(11-28-32)14-7-20-22(30-31-24(20)27-10-14)21-9-19-18(3-4-26-23(19)29-21)13-5-16(25)8-17(6-13)33-2/h3-12H,1-2H3,(H,26,29)(H,27,30,31). The summed E-state index contributed by atoms with van der Waals surface area (Å²) in [5.41, 5.74) is 6.33. The molecule has 0 spiro atoms. The SMILES string of the molecule is COc1cc(F)cc(-c2ccnc3[nH]c(-c4n[nH]c5ncc(-c6cnn(C)c6)cc45)cc23)c1. The molecule has 0 unspecified atom stereocenters. The summed E-state index contributed by atoms with van der Waals surface area (Å²) in [7, 11) is 3.40. The normalized spacial score (nSPS) is 11.5. The van der Waals surface area contributed by atoms with Gasteiger partial charge in [-0.3, -0.25) is 9.78 Å². The Morgan fingerprint density at radius 1 is 0.939 bits per heavy atom. The maximum absolute atomic E-state index is 14.2. The number of nitrogens with one attached hydrogen (secondary N) is 2. The number of aromatic amines is 2. The molecule has 1 aromatic carbocycles. The van der Waals surface area contributed by atoms with E-state index >= 15 is 0 Å². The van der Waals surface area contributed by atoms with Crippen molar-refractivity contribution >= 4 is 22.1 Å². The quantitative estimate of drug-likeness (QED) is 0.414. The molecular formula is C24H18FN7O. The molecule has 0 fully saturated rings. The van der Waals surface area contributed by atoms with Crippen LogP contribution in [-0.4, -0.2) is 42.0 Å². The molecule has 0 saturated carbocycles. The fraction of sp³-hybridized carbons (Fsp3) is 0.0833. The molecule has 2 N–H and O–H groups in total. The Kier molecular flexibility index (Phi) is 4.22. The van der Waals surface area contributed by atoms with Crippen molar-refractivity contribution < 1.29 is 9.13 Å². The molecule has 0 radical (unpaired) electrons. The molecule has 9 heteroatoms. The lowest BCUT2D eigenvalue weighted by Gasteiger charge is -2.06. The van der Waals surface area contributed by atoms with E-state index in [1.54, 1.807) is 29.3 Å². The van der Waals surface area contributed by atoms with Crippen molar-refractivity contribution in [1.29, 1.82) is 0 Å². The molecule has 6 rings (SSSR count). The zero-order valence-electron chi connectivity index (χ0n) is 17.8. The molecule has 162 valence electrons. The number of hydrogen-bond acceptors (Lipinski definition) is 5. The minimum Gasteiger partial charge on any atom is -0.497 e. The number of benzene rings is 1. The van der Waals surface area contributed by atoms with E-state index in [0.29, 0.717) is 22.6 Å². The van der Waals surface area contributed by atoms with Crippen molar-refractivity contribution in [3.05, 3.63) is 67.0 Å². The molecule has 8 nitrogen and oxygen atoms in total. The maximum atomic E-state index is 14.2. The number of hydrogen-bond donors (Lipinski definition) is 2. The fourth-order valence-electron chi connectivity index (χ4n) is 4.08.